The number of rotatable bonds is 5. The molecule has 8 nitrogen and oxygen atoms in total. The second-order valence-corrected chi connectivity index (χ2v) is 5.27. The van der Waals surface area contributed by atoms with Crippen LogP contribution in [0.5, 0.6) is 5.75 Å². The number of furan rings is 1. The van der Waals surface area contributed by atoms with Crippen molar-refractivity contribution in [1.29, 1.82) is 0 Å². The molecule has 0 aliphatic carbocycles. The van der Waals surface area contributed by atoms with Crippen LogP contribution in [0, 0.1) is 0 Å². The number of hydrogen-bond acceptors (Lipinski definition) is 6. The molecule has 0 spiro atoms. The molecule has 0 saturated heterocycles. The van der Waals surface area contributed by atoms with Crippen molar-refractivity contribution < 1.29 is 13.9 Å². The summed E-state index contributed by atoms with van der Waals surface area (Å²) in [7, 11) is 0. The monoisotopic (exact) mass is 335 g/mol. The summed E-state index contributed by atoms with van der Waals surface area (Å²) in [5.41, 5.74) is 1.98. The number of H-pyrrole nitrogens is 1. The standard InChI is InChI=1S/C17H13N5O3/c23-17(12-1-6-15-11(9-12)7-8-24-15)18-13-2-4-14(5-3-13)25-10-16-19-21-22-20-16/h1-9H,10H2,(H,18,23)(H,19,20,21,22). The molecule has 124 valence electrons. The zero-order chi connectivity index (χ0) is 17.1. The van der Waals surface area contributed by atoms with Gasteiger partial charge in [-0.15, -0.1) is 10.2 Å². The fourth-order valence-corrected chi connectivity index (χ4v) is 2.34. The lowest BCUT2D eigenvalue weighted by Gasteiger charge is -2.07. The van der Waals surface area contributed by atoms with Crippen molar-refractivity contribution in [2.24, 2.45) is 0 Å². The highest BCUT2D eigenvalue weighted by molar-refractivity contribution is 6.06. The van der Waals surface area contributed by atoms with Gasteiger partial charge in [-0.25, -0.2) is 0 Å². The van der Waals surface area contributed by atoms with Crippen molar-refractivity contribution in [2.45, 2.75) is 6.61 Å². The van der Waals surface area contributed by atoms with E-state index in [1.54, 1.807) is 48.7 Å². The second kappa shape index (κ2) is 6.44. The van der Waals surface area contributed by atoms with Crippen molar-refractivity contribution in [2.75, 3.05) is 5.32 Å². The Morgan fingerprint density at radius 3 is 2.84 bits per heavy atom. The molecule has 1 amide bonds. The van der Waals surface area contributed by atoms with E-state index in [9.17, 15) is 4.79 Å². The van der Waals surface area contributed by atoms with Gasteiger partial charge in [0.2, 0.25) is 5.82 Å². The Bertz CT molecular complexity index is 993. The molecule has 2 aromatic carbocycles. The number of fused-ring (bicyclic) bond motifs is 1. The summed E-state index contributed by atoms with van der Waals surface area (Å²) in [6.45, 7) is 0.215. The molecule has 0 saturated carbocycles. The Balaban J connectivity index is 1.40. The van der Waals surface area contributed by atoms with Crippen molar-refractivity contribution in [3.63, 3.8) is 0 Å². The SMILES string of the molecule is O=C(Nc1ccc(OCc2nn[nH]n2)cc1)c1ccc2occc2c1. The molecular formula is C17H13N5O3. The molecule has 0 bridgehead atoms. The Hall–Kier alpha value is -3.68. The minimum atomic E-state index is -0.191. The van der Waals surface area contributed by atoms with Gasteiger partial charge in [0, 0.05) is 16.6 Å². The third-order valence-electron chi connectivity index (χ3n) is 3.58. The van der Waals surface area contributed by atoms with E-state index in [4.69, 9.17) is 9.15 Å². The van der Waals surface area contributed by atoms with Crippen LogP contribution in [-0.4, -0.2) is 26.5 Å². The van der Waals surface area contributed by atoms with Crippen LogP contribution in [0.15, 0.2) is 59.2 Å². The summed E-state index contributed by atoms with van der Waals surface area (Å²) in [6.07, 6.45) is 1.60. The summed E-state index contributed by atoms with van der Waals surface area (Å²) in [5, 5.41) is 17.2. The van der Waals surface area contributed by atoms with E-state index >= 15 is 0 Å². The molecule has 4 aromatic rings. The third-order valence-corrected chi connectivity index (χ3v) is 3.58. The average molecular weight is 335 g/mol. The zero-order valence-electron chi connectivity index (χ0n) is 13.0. The second-order valence-electron chi connectivity index (χ2n) is 5.27. The van der Waals surface area contributed by atoms with E-state index in [1.807, 2.05) is 6.07 Å². The number of aromatic nitrogens is 4. The highest BCUT2D eigenvalue weighted by Gasteiger charge is 2.08. The van der Waals surface area contributed by atoms with Crippen molar-refractivity contribution >= 4 is 22.6 Å². The first-order chi connectivity index (χ1) is 12.3. The minimum absolute atomic E-state index is 0.191. The molecule has 2 aromatic heterocycles. The van der Waals surface area contributed by atoms with Gasteiger partial charge in [0.15, 0.2) is 6.61 Å². The van der Waals surface area contributed by atoms with Crippen LogP contribution in [-0.2, 0) is 6.61 Å². The Morgan fingerprint density at radius 2 is 2.04 bits per heavy atom. The van der Waals surface area contributed by atoms with E-state index in [2.05, 4.69) is 25.9 Å². The van der Waals surface area contributed by atoms with E-state index in [-0.39, 0.29) is 12.5 Å². The molecule has 0 aliphatic heterocycles. The van der Waals surface area contributed by atoms with Crippen LogP contribution < -0.4 is 10.1 Å². The quantitative estimate of drug-likeness (QED) is 0.581. The number of carbonyl (C=O) groups excluding carboxylic acids is 1. The molecule has 0 atom stereocenters. The Labute approximate surface area is 141 Å². The van der Waals surface area contributed by atoms with Gasteiger partial charge in [0.1, 0.15) is 11.3 Å². The fourth-order valence-electron chi connectivity index (χ4n) is 2.34. The summed E-state index contributed by atoms with van der Waals surface area (Å²) in [4.78, 5) is 12.3. The van der Waals surface area contributed by atoms with Gasteiger partial charge in [-0.2, -0.15) is 5.21 Å². The van der Waals surface area contributed by atoms with Gasteiger partial charge < -0.3 is 14.5 Å². The first kappa shape index (κ1) is 14.9. The highest BCUT2D eigenvalue weighted by atomic mass is 16.5. The molecule has 25 heavy (non-hydrogen) atoms. The number of hydrogen-bond donors (Lipinski definition) is 2. The molecule has 0 aliphatic rings. The van der Waals surface area contributed by atoms with Crippen LogP contribution in [0.3, 0.4) is 0 Å². The van der Waals surface area contributed by atoms with Crippen LogP contribution in [0.25, 0.3) is 11.0 Å². The molecule has 0 unspecified atom stereocenters. The molecule has 2 heterocycles. The Kier molecular flexibility index (Phi) is 3.83. The van der Waals surface area contributed by atoms with Crippen molar-refractivity contribution in [3.8, 4) is 5.75 Å². The first-order valence-corrected chi connectivity index (χ1v) is 7.52. The number of anilines is 1. The van der Waals surface area contributed by atoms with Gasteiger partial charge in [0.25, 0.3) is 5.91 Å². The van der Waals surface area contributed by atoms with Crippen LogP contribution in [0.2, 0.25) is 0 Å². The predicted octanol–water partition coefficient (Wildman–Crippen LogP) is 2.78. The number of nitrogens with one attached hydrogen (secondary N) is 2. The van der Waals surface area contributed by atoms with Gasteiger partial charge in [0.05, 0.1) is 6.26 Å². The van der Waals surface area contributed by atoms with E-state index in [0.717, 1.165) is 11.0 Å². The highest BCUT2D eigenvalue weighted by Crippen LogP contribution is 2.20. The van der Waals surface area contributed by atoms with Crippen LogP contribution >= 0.6 is 0 Å². The summed E-state index contributed by atoms with van der Waals surface area (Å²) < 4.78 is 10.8. The van der Waals surface area contributed by atoms with Crippen LogP contribution in [0.4, 0.5) is 5.69 Å². The lowest BCUT2D eigenvalue weighted by atomic mass is 10.1. The normalized spacial score (nSPS) is 10.7. The van der Waals surface area contributed by atoms with Gasteiger partial charge >= 0.3 is 0 Å². The first-order valence-electron chi connectivity index (χ1n) is 7.52. The average Bonchev–Trinajstić information content (AvgIpc) is 3.32. The van der Waals surface area contributed by atoms with E-state index in [1.165, 1.54) is 0 Å². The topological polar surface area (TPSA) is 106 Å². The number of nitrogens with zero attached hydrogens (tertiary/aromatic N) is 3. The lowest BCUT2D eigenvalue weighted by molar-refractivity contribution is 0.102. The molecule has 4 rings (SSSR count). The summed E-state index contributed by atoms with van der Waals surface area (Å²) in [5.74, 6) is 0.915. The largest absolute Gasteiger partial charge is 0.485 e. The maximum absolute atomic E-state index is 12.3. The van der Waals surface area contributed by atoms with Crippen molar-refractivity contribution in [1.82, 2.24) is 20.6 Å². The summed E-state index contributed by atoms with van der Waals surface area (Å²) >= 11 is 0. The van der Waals surface area contributed by atoms with Gasteiger partial charge in [-0.1, -0.05) is 5.21 Å². The minimum Gasteiger partial charge on any atom is -0.485 e. The Morgan fingerprint density at radius 1 is 1.16 bits per heavy atom. The van der Waals surface area contributed by atoms with E-state index in [0.29, 0.717) is 22.8 Å². The molecular weight excluding hydrogens is 322 g/mol. The number of benzene rings is 2. The van der Waals surface area contributed by atoms with Gasteiger partial charge in [-0.3, -0.25) is 4.79 Å². The molecule has 0 radical (unpaired) electrons. The van der Waals surface area contributed by atoms with Crippen LogP contribution in [0.1, 0.15) is 16.2 Å². The molecule has 8 heteroatoms. The van der Waals surface area contributed by atoms with Crippen molar-refractivity contribution in [3.05, 3.63) is 66.2 Å². The summed E-state index contributed by atoms with van der Waals surface area (Å²) in [6, 6.07) is 14.2. The lowest BCUT2D eigenvalue weighted by Crippen LogP contribution is -2.11. The third kappa shape index (κ3) is 3.32. The molecule has 0 fully saturated rings. The van der Waals surface area contributed by atoms with Gasteiger partial charge in [-0.05, 0) is 48.5 Å². The maximum Gasteiger partial charge on any atom is 0.255 e. The number of aromatic amines is 1. The smallest absolute Gasteiger partial charge is 0.255 e. The maximum atomic E-state index is 12.3. The number of tetrazole rings is 1. The number of amides is 1. The fraction of sp³-hybridized carbons (Fsp3) is 0.0588. The van der Waals surface area contributed by atoms with E-state index < -0.39 is 0 Å². The number of carbonyl (C=O) groups is 1. The molecule has 2 N–H and O–H groups in total. The zero-order valence-corrected chi connectivity index (χ0v) is 13.0. The number of ether oxygens (including phenoxy) is 1. The predicted molar refractivity (Wildman–Crippen MR) is 89.1 cm³/mol.